The molecule has 0 aromatic carbocycles. The Labute approximate surface area is 131 Å². The Morgan fingerprint density at radius 1 is 1.18 bits per heavy atom. The molecule has 118 valence electrons. The van der Waals surface area contributed by atoms with Gasteiger partial charge in [-0.3, -0.25) is 14.7 Å². The summed E-state index contributed by atoms with van der Waals surface area (Å²) in [6, 6.07) is 1.12. The maximum atomic E-state index is 4.62. The van der Waals surface area contributed by atoms with Gasteiger partial charge in [0.1, 0.15) is 0 Å². The lowest BCUT2D eigenvalue weighted by atomic mass is 10.1. The summed E-state index contributed by atoms with van der Waals surface area (Å²) >= 11 is 0. The van der Waals surface area contributed by atoms with Crippen LogP contribution in [0.25, 0.3) is 0 Å². The minimum absolute atomic E-state index is 0.484. The predicted octanol–water partition coefficient (Wildman–Crippen LogP) is 3.37. The third-order valence-electron chi connectivity index (χ3n) is 5.30. The van der Waals surface area contributed by atoms with E-state index in [1.165, 1.54) is 55.3 Å². The van der Waals surface area contributed by atoms with Crippen LogP contribution in [0, 0.1) is 6.92 Å². The molecule has 5 nitrogen and oxygen atoms in total. The van der Waals surface area contributed by atoms with Gasteiger partial charge < -0.3 is 0 Å². The number of likely N-dealkylation sites (tertiary alicyclic amines) is 1. The maximum Gasteiger partial charge on any atom is 0.0553 e. The highest BCUT2D eigenvalue weighted by Gasteiger charge is 2.28. The highest BCUT2D eigenvalue weighted by atomic mass is 15.3. The van der Waals surface area contributed by atoms with Gasteiger partial charge in [0.25, 0.3) is 0 Å². The van der Waals surface area contributed by atoms with Gasteiger partial charge in [-0.1, -0.05) is 12.8 Å². The summed E-state index contributed by atoms with van der Waals surface area (Å²) in [5.41, 5.74) is 3.91. The molecule has 1 saturated carbocycles. The minimum Gasteiger partial charge on any atom is -0.290 e. The van der Waals surface area contributed by atoms with Gasteiger partial charge in [0.05, 0.1) is 30.2 Å². The quantitative estimate of drug-likeness (QED) is 0.941. The summed E-state index contributed by atoms with van der Waals surface area (Å²) in [4.78, 5) is 2.57. The first-order chi connectivity index (χ1) is 10.8. The molecule has 4 rings (SSSR count). The van der Waals surface area contributed by atoms with Crippen LogP contribution in [-0.2, 0) is 6.54 Å². The molecule has 1 atom stereocenters. The van der Waals surface area contributed by atoms with Crippen LogP contribution >= 0.6 is 0 Å². The zero-order chi connectivity index (χ0) is 14.9. The van der Waals surface area contributed by atoms with E-state index in [0.29, 0.717) is 12.1 Å². The largest absolute Gasteiger partial charge is 0.290 e. The van der Waals surface area contributed by atoms with Crippen LogP contribution in [0.4, 0.5) is 0 Å². The molecule has 1 aliphatic heterocycles. The number of nitrogens with zero attached hydrogens (tertiary/aromatic N) is 4. The average molecular weight is 299 g/mol. The first-order valence-corrected chi connectivity index (χ1v) is 8.58. The minimum atomic E-state index is 0.484. The molecule has 0 spiro atoms. The Bertz CT molecular complexity index is 623. The second-order valence-corrected chi connectivity index (χ2v) is 6.86. The van der Waals surface area contributed by atoms with Crippen LogP contribution in [0.1, 0.15) is 67.4 Å². The van der Waals surface area contributed by atoms with E-state index in [9.17, 15) is 0 Å². The van der Waals surface area contributed by atoms with Crippen molar-refractivity contribution < 1.29 is 0 Å². The van der Waals surface area contributed by atoms with Gasteiger partial charge in [0.2, 0.25) is 0 Å². The molecular formula is C17H25N5. The maximum absolute atomic E-state index is 4.62. The molecule has 5 heteroatoms. The zero-order valence-electron chi connectivity index (χ0n) is 13.3. The average Bonchev–Trinajstić information content (AvgIpc) is 3.25. The van der Waals surface area contributed by atoms with Crippen molar-refractivity contribution in [3.05, 3.63) is 35.4 Å². The number of nitrogens with one attached hydrogen (secondary N) is 1. The molecule has 2 fully saturated rings. The third kappa shape index (κ3) is 2.58. The van der Waals surface area contributed by atoms with Crippen LogP contribution in [0.5, 0.6) is 0 Å². The third-order valence-corrected chi connectivity index (χ3v) is 5.30. The van der Waals surface area contributed by atoms with Gasteiger partial charge in [-0.2, -0.15) is 10.2 Å². The first kappa shape index (κ1) is 14.0. The molecule has 0 radical (unpaired) electrons. The second-order valence-electron chi connectivity index (χ2n) is 6.86. The van der Waals surface area contributed by atoms with E-state index in [1.54, 1.807) is 0 Å². The standard InChI is InChI=1S/C17H25N5/c1-13-9-18-20-17(13)16-7-4-8-21(16)11-14-10-19-22(12-14)15-5-2-3-6-15/h9-10,12,15-16H,2-8,11H2,1H3,(H,18,20). The van der Waals surface area contributed by atoms with Gasteiger partial charge in [0, 0.05) is 18.3 Å². The van der Waals surface area contributed by atoms with Crippen LogP contribution in [-0.4, -0.2) is 31.4 Å². The number of hydrogen-bond acceptors (Lipinski definition) is 3. The topological polar surface area (TPSA) is 49.7 Å². The second kappa shape index (κ2) is 5.88. The van der Waals surface area contributed by atoms with Crippen LogP contribution < -0.4 is 0 Å². The molecule has 2 aromatic rings. The molecule has 0 bridgehead atoms. The number of hydrogen-bond donors (Lipinski definition) is 1. The Kier molecular flexibility index (Phi) is 3.74. The fraction of sp³-hybridized carbons (Fsp3) is 0.647. The molecule has 1 aliphatic carbocycles. The lowest BCUT2D eigenvalue weighted by molar-refractivity contribution is 0.243. The molecule has 1 saturated heterocycles. The summed E-state index contributed by atoms with van der Waals surface area (Å²) < 4.78 is 2.20. The normalized spacial score (nSPS) is 23.6. The lowest BCUT2D eigenvalue weighted by Crippen LogP contribution is -2.23. The van der Waals surface area contributed by atoms with Crippen molar-refractivity contribution in [2.24, 2.45) is 0 Å². The number of aromatic amines is 1. The monoisotopic (exact) mass is 299 g/mol. The van der Waals surface area contributed by atoms with Crippen LogP contribution in [0.2, 0.25) is 0 Å². The van der Waals surface area contributed by atoms with E-state index >= 15 is 0 Å². The summed E-state index contributed by atoms with van der Waals surface area (Å²) in [7, 11) is 0. The van der Waals surface area contributed by atoms with Gasteiger partial charge >= 0.3 is 0 Å². The summed E-state index contributed by atoms with van der Waals surface area (Å²) in [5.74, 6) is 0. The van der Waals surface area contributed by atoms with E-state index in [0.717, 1.165) is 13.1 Å². The molecule has 3 heterocycles. The highest BCUT2D eigenvalue weighted by molar-refractivity contribution is 5.19. The van der Waals surface area contributed by atoms with E-state index in [2.05, 4.69) is 44.2 Å². The van der Waals surface area contributed by atoms with Crippen LogP contribution in [0.15, 0.2) is 18.6 Å². The van der Waals surface area contributed by atoms with Crippen LogP contribution in [0.3, 0.4) is 0 Å². The molecular weight excluding hydrogens is 274 g/mol. The van der Waals surface area contributed by atoms with Gasteiger partial charge in [-0.25, -0.2) is 0 Å². The number of H-pyrrole nitrogens is 1. The Morgan fingerprint density at radius 3 is 2.82 bits per heavy atom. The van der Waals surface area contributed by atoms with Crippen molar-refractivity contribution >= 4 is 0 Å². The number of aromatic nitrogens is 4. The van der Waals surface area contributed by atoms with E-state index < -0.39 is 0 Å². The number of rotatable bonds is 4. The SMILES string of the molecule is Cc1cn[nH]c1C1CCCN1Cc1cnn(C2CCCC2)c1. The summed E-state index contributed by atoms with van der Waals surface area (Å²) in [6.07, 6.45) is 14.0. The van der Waals surface area contributed by atoms with Gasteiger partial charge in [-0.15, -0.1) is 0 Å². The fourth-order valence-corrected chi connectivity index (χ4v) is 4.10. The Balaban J connectivity index is 1.47. The van der Waals surface area contributed by atoms with E-state index in [-0.39, 0.29) is 0 Å². The van der Waals surface area contributed by atoms with Gasteiger partial charge in [-0.05, 0) is 44.7 Å². The van der Waals surface area contributed by atoms with Crippen molar-refractivity contribution in [3.63, 3.8) is 0 Å². The molecule has 0 amide bonds. The van der Waals surface area contributed by atoms with Crippen molar-refractivity contribution in [3.8, 4) is 0 Å². The zero-order valence-corrected chi connectivity index (χ0v) is 13.3. The van der Waals surface area contributed by atoms with Crippen molar-refractivity contribution in [1.82, 2.24) is 24.9 Å². The lowest BCUT2D eigenvalue weighted by Gasteiger charge is -2.23. The highest BCUT2D eigenvalue weighted by Crippen LogP contribution is 2.34. The molecule has 22 heavy (non-hydrogen) atoms. The summed E-state index contributed by atoms with van der Waals surface area (Å²) in [6.45, 7) is 4.31. The Hall–Kier alpha value is -1.62. The Morgan fingerprint density at radius 2 is 2.05 bits per heavy atom. The molecule has 2 aliphatic rings. The first-order valence-electron chi connectivity index (χ1n) is 8.58. The van der Waals surface area contributed by atoms with Crippen molar-refractivity contribution in [2.75, 3.05) is 6.54 Å². The van der Waals surface area contributed by atoms with Crippen molar-refractivity contribution in [2.45, 2.75) is 64.1 Å². The molecule has 1 N–H and O–H groups in total. The van der Waals surface area contributed by atoms with E-state index in [1.807, 2.05) is 6.20 Å². The fourth-order valence-electron chi connectivity index (χ4n) is 4.10. The predicted molar refractivity (Wildman–Crippen MR) is 85.4 cm³/mol. The summed E-state index contributed by atoms with van der Waals surface area (Å²) in [5, 5.41) is 12.0. The smallest absolute Gasteiger partial charge is 0.0553 e. The van der Waals surface area contributed by atoms with E-state index in [4.69, 9.17) is 0 Å². The molecule has 1 unspecified atom stereocenters. The number of aryl methyl sites for hydroxylation is 1. The molecule has 2 aromatic heterocycles. The van der Waals surface area contributed by atoms with Gasteiger partial charge in [0.15, 0.2) is 0 Å². The van der Waals surface area contributed by atoms with Crippen molar-refractivity contribution in [1.29, 1.82) is 0 Å².